The number of para-hydroxylation sites is 1. The van der Waals surface area contributed by atoms with Crippen LogP contribution >= 0.6 is 15.9 Å². The first-order valence-electron chi connectivity index (χ1n) is 4.86. The largest absolute Gasteiger partial charge is 0.491 e. The first-order chi connectivity index (χ1) is 7.24. The van der Waals surface area contributed by atoms with Gasteiger partial charge in [0, 0.05) is 19.8 Å². The number of ether oxygens (including phenoxy) is 2. The molecule has 4 heteroatoms. The molecule has 0 heterocycles. The standard InChI is InChI=1S/C11H16BrNO2/c1-14-7-6-9(13)8-15-11-5-3-2-4-10(11)12/h2-5,9H,6-8,13H2,1H3. The lowest BCUT2D eigenvalue weighted by molar-refractivity contribution is 0.175. The SMILES string of the molecule is COCCC(N)COc1ccccc1Br. The molecule has 0 spiro atoms. The van der Waals surface area contributed by atoms with Crippen LogP contribution in [0.5, 0.6) is 5.75 Å². The van der Waals surface area contributed by atoms with Crippen molar-refractivity contribution in [2.24, 2.45) is 5.73 Å². The van der Waals surface area contributed by atoms with Gasteiger partial charge in [-0.25, -0.2) is 0 Å². The van der Waals surface area contributed by atoms with Crippen LogP contribution in [-0.2, 0) is 4.74 Å². The van der Waals surface area contributed by atoms with Crippen LogP contribution in [0.2, 0.25) is 0 Å². The van der Waals surface area contributed by atoms with E-state index in [2.05, 4.69) is 15.9 Å². The number of halogens is 1. The summed E-state index contributed by atoms with van der Waals surface area (Å²) < 4.78 is 11.5. The number of hydrogen-bond acceptors (Lipinski definition) is 3. The van der Waals surface area contributed by atoms with Gasteiger partial charge in [0.2, 0.25) is 0 Å². The van der Waals surface area contributed by atoms with E-state index in [1.807, 2.05) is 24.3 Å². The molecular formula is C11H16BrNO2. The molecule has 0 saturated heterocycles. The Hall–Kier alpha value is -0.580. The maximum atomic E-state index is 5.84. The lowest BCUT2D eigenvalue weighted by Crippen LogP contribution is -2.29. The van der Waals surface area contributed by atoms with Crippen molar-refractivity contribution in [1.29, 1.82) is 0 Å². The summed E-state index contributed by atoms with van der Waals surface area (Å²) in [4.78, 5) is 0. The third kappa shape index (κ3) is 4.64. The number of rotatable bonds is 6. The fourth-order valence-electron chi connectivity index (χ4n) is 1.11. The van der Waals surface area contributed by atoms with Gasteiger partial charge in [-0.1, -0.05) is 12.1 Å². The predicted molar refractivity (Wildman–Crippen MR) is 64.1 cm³/mol. The summed E-state index contributed by atoms with van der Waals surface area (Å²) in [6.45, 7) is 1.17. The fourth-order valence-corrected chi connectivity index (χ4v) is 1.51. The number of methoxy groups -OCH3 is 1. The van der Waals surface area contributed by atoms with Crippen LogP contribution in [0.4, 0.5) is 0 Å². The van der Waals surface area contributed by atoms with E-state index in [1.54, 1.807) is 7.11 Å². The van der Waals surface area contributed by atoms with Crippen molar-refractivity contribution in [1.82, 2.24) is 0 Å². The topological polar surface area (TPSA) is 44.5 Å². The summed E-state index contributed by atoms with van der Waals surface area (Å²) in [6.07, 6.45) is 0.807. The molecule has 1 rings (SSSR count). The molecule has 0 aliphatic rings. The number of nitrogens with two attached hydrogens (primary N) is 1. The molecule has 3 nitrogen and oxygen atoms in total. The van der Waals surface area contributed by atoms with E-state index in [0.29, 0.717) is 13.2 Å². The molecule has 0 amide bonds. The highest BCUT2D eigenvalue weighted by Gasteiger charge is 2.05. The van der Waals surface area contributed by atoms with Gasteiger partial charge in [-0.3, -0.25) is 0 Å². The van der Waals surface area contributed by atoms with Crippen molar-refractivity contribution in [3.05, 3.63) is 28.7 Å². The fraction of sp³-hybridized carbons (Fsp3) is 0.455. The molecule has 15 heavy (non-hydrogen) atoms. The van der Waals surface area contributed by atoms with Gasteiger partial charge in [-0.15, -0.1) is 0 Å². The molecule has 0 aliphatic heterocycles. The summed E-state index contributed by atoms with van der Waals surface area (Å²) in [6, 6.07) is 7.74. The number of hydrogen-bond donors (Lipinski definition) is 1. The van der Waals surface area contributed by atoms with E-state index in [1.165, 1.54) is 0 Å². The Bertz CT molecular complexity index is 294. The first kappa shape index (κ1) is 12.5. The van der Waals surface area contributed by atoms with E-state index in [-0.39, 0.29) is 6.04 Å². The van der Waals surface area contributed by atoms with E-state index >= 15 is 0 Å². The lowest BCUT2D eigenvalue weighted by atomic mass is 10.2. The summed E-state index contributed by atoms with van der Waals surface area (Å²) in [5.74, 6) is 0.824. The van der Waals surface area contributed by atoms with E-state index < -0.39 is 0 Å². The molecule has 0 bridgehead atoms. The maximum absolute atomic E-state index is 5.84. The summed E-state index contributed by atoms with van der Waals surface area (Å²) in [5.41, 5.74) is 5.84. The Labute approximate surface area is 98.7 Å². The highest BCUT2D eigenvalue weighted by atomic mass is 79.9. The predicted octanol–water partition coefficient (Wildman–Crippen LogP) is 2.19. The normalized spacial score (nSPS) is 12.5. The first-order valence-corrected chi connectivity index (χ1v) is 5.65. The Morgan fingerprint density at radius 3 is 2.80 bits per heavy atom. The Balaban J connectivity index is 2.33. The quantitative estimate of drug-likeness (QED) is 0.864. The van der Waals surface area contributed by atoms with E-state index in [4.69, 9.17) is 15.2 Å². The van der Waals surface area contributed by atoms with E-state index in [0.717, 1.165) is 16.6 Å². The van der Waals surface area contributed by atoms with E-state index in [9.17, 15) is 0 Å². The molecule has 0 saturated carbocycles. The minimum Gasteiger partial charge on any atom is -0.491 e. The van der Waals surface area contributed by atoms with Gasteiger partial charge >= 0.3 is 0 Å². The Kier molecular flexibility index (Phi) is 5.68. The van der Waals surface area contributed by atoms with Crippen molar-refractivity contribution < 1.29 is 9.47 Å². The van der Waals surface area contributed by atoms with Crippen LogP contribution in [0.3, 0.4) is 0 Å². The second-order valence-electron chi connectivity index (χ2n) is 3.28. The molecule has 1 atom stereocenters. The van der Waals surface area contributed by atoms with Crippen molar-refractivity contribution in [2.45, 2.75) is 12.5 Å². The molecule has 1 aromatic rings. The van der Waals surface area contributed by atoms with Crippen LogP contribution in [0.25, 0.3) is 0 Å². The average molecular weight is 274 g/mol. The Morgan fingerprint density at radius 2 is 2.13 bits per heavy atom. The van der Waals surface area contributed by atoms with Crippen molar-refractivity contribution in [3.8, 4) is 5.75 Å². The zero-order valence-corrected chi connectivity index (χ0v) is 10.4. The van der Waals surface area contributed by atoms with Crippen molar-refractivity contribution >= 4 is 15.9 Å². The Morgan fingerprint density at radius 1 is 1.40 bits per heavy atom. The maximum Gasteiger partial charge on any atom is 0.133 e. The molecule has 0 aliphatic carbocycles. The third-order valence-corrected chi connectivity index (χ3v) is 2.64. The summed E-state index contributed by atoms with van der Waals surface area (Å²) >= 11 is 3.41. The van der Waals surface area contributed by atoms with Gasteiger partial charge in [0.1, 0.15) is 12.4 Å². The molecule has 1 aromatic carbocycles. The molecule has 0 aromatic heterocycles. The third-order valence-electron chi connectivity index (χ3n) is 1.98. The lowest BCUT2D eigenvalue weighted by Gasteiger charge is -2.13. The summed E-state index contributed by atoms with van der Waals surface area (Å²) in [5, 5.41) is 0. The van der Waals surface area contributed by atoms with Gasteiger partial charge < -0.3 is 15.2 Å². The molecule has 0 fully saturated rings. The highest BCUT2D eigenvalue weighted by Crippen LogP contribution is 2.23. The number of benzene rings is 1. The van der Waals surface area contributed by atoms with Gasteiger partial charge in [-0.2, -0.15) is 0 Å². The van der Waals surface area contributed by atoms with Gasteiger partial charge in [0.15, 0.2) is 0 Å². The molecule has 0 radical (unpaired) electrons. The molecule has 1 unspecified atom stereocenters. The second-order valence-corrected chi connectivity index (χ2v) is 4.14. The molecule has 2 N–H and O–H groups in total. The summed E-state index contributed by atoms with van der Waals surface area (Å²) in [7, 11) is 1.67. The minimum absolute atomic E-state index is 0.0112. The zero-order valence-electron chi connectivity index (χ0n) is 8.78. The van der Waals surface area contributed by atoms with Crippen LogP contribution in [0, 0.1) is 0 Å². The van der Waals surface area contributed by atoms with Crippen LogP contribution in [0.1, 0.15) is 6.42 Å². The van der Waals surface area contributed by atoms with Crippen LogP contribution in [0.15, 0.2) is 28.7 Å². The van der Waals surface area contributed by atoms with Gasteiger partial charge in [-0.05, 0) is 34.5 Å². The van der Waals surface area contributed by atoms with Gasteiger partial charge in [0.25, 0.3) is 0 Å². The minimum atomic E-state index is 0.0112. The van der Waals surface area contributed by atoms with Gasteiger partial charge in [0.05, 0.1) is 4.47 Å². The van der Waals surface area contributed by atoms with Crippen LogP contribution in [-0.4, -0.2) is 26.4 Å². The van der Waals surface area contributed by atoms with Crippen LogP contribution < -0.4 is 10.5 Å². The zero-order chi connectivity index (χ0) is 11.1. The molecular weight excluding hydrogens is 258 g/mol. The highest BCUT2D eigenvalue weighted by molar-refractivity contribution is 9.10. The average Bonchev–Trinajstić information content (AvgIpc) is 2.25. The second kappa shape index (κ2) is 6.82. The monoisotopic (exact) mass is 273 g/mol. The van der Waals surface area contributed by atoms with Crippen molar-refractivity contribution in [3.63, 3.8) is 0 Å². The molecule has 84 valence electrons. The van der Waals surface area contributed by atoms with Crippen molar-refractivity contribution in [2.75, 3.05) is 20.3 Å². The smallest absolute Gasteiger partial charge is 0.133 e.